The van der Waals surface area contributed by atoms with E-state index in [2.05, 4.69) is 65.0 Å². The third kappa shape index (κ3) is 5.59. The van der Waals surface area contributed by atoms with Crippen molar-refractivity contribution in [1.29, 1.82) is 0 Å². The predicted octanol–water partition coefficient (Wildman–Crippen LogP) is 1.58. The van der Waals surface area contributed by atoms with Gasteiger partial charge in [-0.05, 0) is 27.2 Å². The number of rotatable bonds is 7. The summed E-state index contributed by atoms with van der Waals surface area (Å²) in [5.74, 6) is 1.88. The van der Waals surface area contributed by atoms with Gasteiger partial charge in [-0.1, -0.05) is 13.8 Å². The van der Waals surface area contributed by atoms with Crippen molar-refractivity contribution < 1.29 is 0 Å². The summed E-state index contributed by atoms with van der Waals surface area (Å²) in [4.78, 5) is 4.62. The van der Waals surface area contributed by atoms with Crippen molar-refractivity contribution in [2.75, 3.05) is 6.54 Å². The molecule has 0 saturated carbocycles. The molecule has 2 N–H and O–H groups in total. The number of hydrogen-bond acceptors (Lipinski definition) is 3. The number of nitrogens with one attached hydrogen (secondary N) is 2. The van der Waals surface area contributed by atoms with Crippen LogP contribution in [0.3, 0.4) is 0 Å². The zero-order valence-corrected chi connectivity index (χ0v) is 13.3. The molecule has 0 fully saturated rings. The minimum Gasteiger partial charge on any atom is -0.354 e. The maximum absolute atomic E-state index is 4.62. The summed E-state index contributed by atoms with van der Waals surface area (Å²) in [7, 11) is 0. The third-order valence-electron chi connectivity index (χ3n) is 3.04. The summed E-state index contributed by atoms with van der Waals surface area (Å²) in [6, 6.07) is 0.785. The molecule has 114 valence electrons. The SMILES string of the molecule is CCc1nncn1CCN=C(NC(C)C)NC(C)CC. The molecule has 1 atom stereocenters. The van der Waals surface area contributed by atoms with Crippen LogP contribution in [-0.2, 0) is 13.0 Å². The average molecular weight is 280 g/mol. The Balaban J connectivity index is 2.57. The molecule has 6 heteroatoms. The summed E-state index contributed by atoms with van der Waals surface area (Å²) in [5.41, 5.74) is 0. The number of aromatic nitrogens is 3. The van der Waals surface area contributed by atoms with E-state index in [4.69, 9.17) is 0 Å². The third-order valence-corrected chi connectivity index (χ3v) is 3.04. The van der Waals surface area contributed by atoms with E-state index in [1.165, 1.54) is 0 Å². The molecule has 1 unspecified atom stereocenters. The molecule has 0 spiro atoms. The lowest BCUT2D eigenvalue weighted by Gasteiger charge is -2.19. The second-order valence-electron chi connectivity index (χ2n) is 5.28. The highest BCUT2D eigenvalue weighted by molar-refractivity contribution is 5.80. The second-order valence-corrected chi connectivity index (χ2v) is 5.28. The van der Waals surface area contributed by atoms with Crippen molar-refractivity contribution in [3.8, 4) is 0 Å². The van der Waals surface area contributed by atoms with Gasteiger partial charge >= 0.3 is 0 Å². The fraction of sp³-hybridized carbons (Fsp3) is 0.786. The van der Waals surface area contributed by atoms with Crippen LogP contribution in [0.15, 0.2) is 11.3 Å². The van der Waals surface area contributed by atoms with Gasteiger partial charge in [-0.3, -0.25) is 4.99 Å². The first kappa shape index (κ1) is 16.5. The Morgan fingerprint density at radius 1 is 1.30 bits per heavy atom. The number of guanidine groups is 1. The molecular weight excluding hydrogens is 252 g/mol. The minimum atomic E-state index is 0.367. The molecular formula is C14H28N6. The molecule has 20 heavy (non-hydrogen) atoms. The van der Waals surface area contributed by atoms with Crippen LogP contribution in [-0.4, -0.2) is 39.4 Å². The maximum atomic E-state index is 4.62. The Morgan fingerprint density at radius 3 is 2.65 bits per heavy atom. The van der Waals surface area contributed by atoms with Gasteiger partial charge in [-0.2, -0.15) is 0 Å². The lowest BCUT2D eigenvalue weighted by Crippen LogP contribution is -2.45. The fourth-order valence-corrected chi connectivity index (χ4v) is 1.75. The molecule has 6 nitrogen and oxygen atoms in total. The zero-order chi connectivity index (χ0) is 15.0. The van der Waals surface area contributed by atoms with E-state index in [0.29, 0.717) is 18.6 Å². The molecule has 1 rings (SSSR count). The number of aliphatic imine (C=N–C) groups is 1. The number of nitrogens with zero attached hydrogens (tertiary/aromatic N) is 4. The molecule has 1 aromatic rings. The molecule has 0 bridgehead atoms. The molecule has 0 aliphatic carbocycles. The van der Waals surface area contributed by atoms with Crippen molar-refractivity contribution >= 4 is 5.96 Å². The van der Waals surface area contributed by atoms with Crippen LogP contribution in [0.1, 0.15) is 46.9 Å². The first-order valence-electron chi connectivity index (χ1n) is 7.51. The Labute approximate surface area is 122 Å². The van der Waals surface area contributed by atoms with Gasteiger partial charge in [-0.25, -0.2) is 0 Å². The first-order valence-corrected chi connectivity index (χ1v) is 7.51. The fourth-order valence-electron chi connectivity index (χ4n) is 1.75. The average Bonchev–Trinajstić information content (AvgIpc) is 2.85. The van der Waals surface area contributed by atoms with E-state index >= 15 is 0 Å². The summed E-state index contributed by atoms with van der Waals surface area (Å²) in [6.07, 6.45) is 3.74. The highest BCUT2D eigenvalue weighted by Crippen LogP contribution is 1.96. The van der Waals surface area contributed by atoms with Crippen molar-refractivity contribution in [2.45, 2.75) is 66.1 Å². The second kappa shape index (κ2) is 8.55. The van der Waals surface area contributed by atoms with Gasteiger partial charge < -0.3 is 15.2 Å². The van der Waals surface area contributed by atoms with Gasteiger partial charge in [0.2, 0.25) is 0 Å². The molecule has 0 aliphatic rings. The van der Waals surface area contributed by atoms with E-state index in [9.17, 15) is 0 Å². The zero-order valence-electron chi connectivity index (χ0n) is 13.3. The summed E-state index contributed by atoms with van der Waals surface area (Å²) in [6.45, 7) is 12.2. The molecule has 1 aromatic heterocycles. The number of hydrogen-bond donors (Lipinski definition) is 2. The van der Waals surface area contributed by atoms with Gasteiger partial charge in [0.05, 0.1) is 6.54 Å². The smallest absolute Gasteiger partial charge is 0.191 e. The lowest BCUT2D eigenvalue weighted by atomic mass is 10.3. The Kier molecular flexibility index (Phi) is 7.04. The largest absolute Gasteiger partial charge is 0.354 e. The molecule has 0 amide bonds. The van der Waals surface area contributed by atoms with Crippen molar-refractivity contribution in [2.24, 2.45) is 4.99 Å². The lowest BCUT2D eigenvalue weighted by molar-refractivity contribution is 0.600. The maximum Gasteiger partial charge on any atom is 0.191 e. The van der Waals surface area contributed by atoms with Gasteiger partial charge in [0.1, 0.15) is 12.2 Å². The molecule has 0 saturated heterocycles. The first-order chi connectivity index (χ1) is 9.56. The standard InChI is InChI=1S/C14H28N6/c1-6-12(5)18-14(17-11(3)4)15-8-9-20-10-16-19-13(20)7-2/h10-12H,6-9H2,1-5H3,(H2,15,17,18). The monoisotopic (exact) mass is 280 g/mol. The Morgan fingerprint density at radius 2 is 2.05 bits per heavy atom. The van der Waals surface area contributed by atoms with Crippen LogP contribution in [0, 0.1) is 0 Å². The van der Waals surface area contributed by atoms with Crippen LogP contribution in [0.25, 0.3) is 0 Å². The van der Waals surface area contributed by atoms with Gasteiger partial charge in [0.15, 0.2) is 5.96 Å². The van der Waals surface area contributed by atoms with Crippen molar-refractivity contribution in [1.82, 2.24) is 25.4 Å². The molecule has 0 aliphatic heterocycles. The van der Waals surface area contributed by atoms with Gasteiger partial charge in [0.25, 0.3) is 0 Å². The predicted molar refractivity (Wildman–Crippen MR) is 82.9 cm³/mol. The van der Waals surface area contributed by atoms with Crippen LogP contribution >= 0.6 is 0 Å². The summed E-state index contributed by atoms with van der Waals surface area (Å²) < 4.78 is 2.06. The highest BCUT2D eigenvalue weighted by atomic mass is 15.3. The van der Waals surface area contributed by atoms with Crippen molar-refractivity contribution in [3.63, 3.8) is 0 Å². The van der Waals surface area contributed by atoms with Crippen LogP contribution in [0.2, 0.25) is 0 Å². The number of aryl methyl sites for hydroxylation is 1. The summed E-state index contributed by atoms with van der Waals surface area (Å²) in [5, 5.41) is 14.8. The van der Waals surface area contributed by atoms with E-state index in [-0.39, 0.29) is 0 Å². The minimum absolute atomic E-state index is 0.367. The Hall–Kier alpha value is -1.59. The van der Waals surface area contributed by atoms with E-state index in [0.717, 1.165) is 31.2 Å². The molecule has 1 heterocycles. The van der Waals surface area contributed by atoms with E-state index in [1.807, 2.05) is 0 Å². The normalized spacial score (nSPS) is 13.6. The van der Waals surface area contributed by atoms with E-state index < -0.39 is 0 Å². The van der Waals surface area contributed by atoms with Crippen LogP contribution < -0.4 is 10.6 Å². The van der Waals surface area contributed by atoms with Crippen molar-refractivity contribution in [3.05, 3.63) is 12.2 Å². The highest BCUT2D eigenvalue weighted by Gasteiger charge is 2.05. The van der Waals surface area contributed by atoms with E-state index in [1.54, 1.807) is 6.33 Å². The summed E-state index contributed by atoms with van der Waals surface area (Å²) >= 11 is 0. The van der Waals surface area contributed by atoms with Gasteiger partial charge in [-0.15, -0.1) is 10.2 Å². The quantitative estimate of drug-likeness (QED) is 0.588. The van der Waals surface area contributed by atoms with Gasteiger partial charge in [0, 0.05) is 25.0 Å². The molecule has 0 radical (unpaired) electrons. The molecule has 0 aromatic carbocycles. The van der Waals surface area contributed by atoms with Crippen LogP contribution in [0.4, 0.5) is 0 Å². The Bertz CT molecular complexity index is 410. The van der Waals surface area contributed by atoms with Crippen LogP contribution in [0.5, 0.6) is 0 Å². The topological polar surface area (TPSA) is 67.1 Å².